The molecule has 0 saturated heterocycles. The molecule has 0 saturated carbocycles. The minimum atomic E-state index is -4.61. The number of anilines is 2. The van der Waals surface area contributed by atoms with Crippen LogP contribution in [0.5, 0.6) is 5.75 Å². The Morgan fingerprint density at radius 3 is 2.71 bits per heavy atom. The van der Waals surface area contributed by atoms with Gasteiger partial charge in [-0.3, -0.25) is 4.68 Å². The first-order chi connectivity index (χ1) is 16.3. The molecule has 0 radical (unpaired) electrons. The summed E-state index contributed by atoms with van der Waals surface area (Å²) in [5, 5.41) is 7.74. The van der Waals surface area contributed by atoms with Crippen molar-refractivity contribution in [1.29, 1.82) is 0 Å². The van der Waals surface area contributed by atoms with Crippen molar-refractivity contribution in [3.8, 4) is 17.0 Å². The Hall–Kier alpha value is -3.51. The molecule has 8 nitrogen and oxygen atoms in total. The van der Waals surface area contributed by atoms with Crippen molar-refractivity contribution in [2.24, 2.45) is 0 Å². The molecule has 0 aliphatic carbocycles. The van der Waals surface area contributed by atoms with Gasteiger partial charge in [0.1, 0.15) is 11.4 Å². The molecule has 0 bridgehead atoms. The van der Waals surface area contributed by atoms with Gasteiger partial charge in [0.25, 0.3) is 0 Å². The van der Waals surface area contributed by atoms with E-state index >= 15 is 0 Å². The lowest BCUT2D eigenvalue weighted by atomic mass is 10.1. The maximum atomic E-state index is 13.8. The molecule has 12 heteroatoms. The lowest BCUT2D eigenvalue weighted by Gasteiger charge is -2.18. The van der Waals surface area contributed by atoms with Gasteiger partial charge in [-0.25, -0.2) is 15.0 Å². The van der Waals surface area contributed by atoms with E-state index < -0.39 is 12.3 Å². The lowest BCUT2D eigenvalue weighted by Crippen LogP contribution is -2.24. The first-order valence-corrected chi connectivity index (χ1v) is 11.1. The van der Waals surface area contributed by atoms with Crippen molar-refractivity contribution in [2.75, 3.05) is 12.4 Å². The molecule has 1 aromatic carbocycles. The van der Waals surface area contributed by atoms with Crippen LogP contribution in [0.2, 0.25) is 0 Å². The Morgan fingerprint density at radius 1 is 1.21 bits per heavy atom. The highest BCUT2D eigenvalue weighted by Crippen LogP contribution is 2.45. The normalized spacial score (nSPS) is 15.4. The van der Waals surface area contributed by atoms with Crippen LogP contribution in [0.4, 0.5) is 24.3 Å². The highest BCUT2D eigenvalue weighted by Gasteiger charge is 2.47. The van der Waals surface area contributed by atoms with Crippen LogP contribution in [-0.2, 0) is 17.9 Å². The Morgan fingerprint density at radius 2 is 2.00 bits per heavy atom. The second-order valence-corrected chi connectivity index (χ2v) is 8.73. The van der Waals surface area contributed by atoms with Crippen molar-refractivity contribution >= 4 is 22.4 Å². The number of fused-ring (bicyclic) bond motifs is 3. The van der Waals surface area contributed by atoms with Gasteiger partial charge in [0.2, 0.25) is 5.95 Å². The minimum absolute atomic E-state index is 0.205. The molecule has 1 aliphatic heterocycles. The van der Waals surface area contributed by atoms with E-state index in [9.17, 15) is 13.2 Å². The molecule has 176 valence electrons. The van der Waals surface area contributed by atoms with Crippen LogP contribution in [-0.4, -0.2) is 38.0 Å². The molecule has 0 fully saturated rings. The van der Waals surface area contributed by atoms with Crippen molar-refractivity contribution in [3.63, 3.8) is 0 Å². The van der Waals surface area contributed by atoms with Gasteiger partial charge >= 0.3 is 6.18 Å². The van der Waals surface area contributed by atoms with Gasteiger partial charge in [-0.1, -0.05) is 23.5 Å². The average Bonchev–Trinajstić information content (AvgIpc) is 3.34. The number of thiazole rings is 1. The number of ether oxygens (including phenoxy) is 2. The molecule has 1 aliphatic rings. The fraction of sp³-hybridized carbons (Fsp3) is 0.273. The number of benzene rings is 1. The second kappa shape index (κ2) is 8.69. The van der Waals surface area contributed by atoms with Crippen LogP contribution >= 0.6 is 11.3 Å². The Labute approximate surface area is 196 Å². The summed E-state index contributed by atoms with van der Waals surface area (Å²) in [6.45, 7) is 1.88. The SMILES string of the molecule is COc1ccc(Cn2cc3c(n2)C(C(F)(F)F)OCc2sc(Nc4nccc(C)n4)nc2-3)cc1. The number of nitrogens with zero attached hydrogens (tertiary/aromatic N) is 5. The van der Waals surface area contributed by atoms with Gasteiger partial charge in [-0.15, -0.1) is 0 Å². The summed E-state index contributed by atoms with van der Waals surface area (Å²) in [5.41, 5.74) is 2.12. The van der Waals surface area contributed by atoms with Crippen LogP contribution in [0.25, 0.3) is 11.3 Å². The quantitative estimate of drug-likeness (QED) is 0.421. The molecule has 0 amide bonds. The van der Waals surface area contributed by atoms with Gasteiger partial charge in [0, 0.05) is 23.7 Å². The first-order valence-electron chi connectivity index (χ1n) is 10.3. The third kappa shape index (κ3) is 4.46. The van der Waals surface area contributed by atoms with Crippen molar-refractivity contribution in [2.45, 2.75) is 32.4 Å². The van der Waals surface area contributed by atoms with Gasteiger partial charge < -0.3 is 14.8 Å². The number of rotatable bonds is 5. The maximum absolute atomic E-state index is 13.8. The van der Waals surface area contributed by atoms with E-state index in [0.717, 1.165) is 11.3 Å². The summed E-state index contributed by atoms with van der Waals surface area (Å²) in [6.07, 6.45) is -3.56. The summed E-state index contributed by atoms with van der Waals surface area (Å²) >= 11 is 1.20. The predicted molar refractivity (Wildman–Crippen MR) is 119 cm³/mol. The van der Waals surface area contributed by atoms with E-state index in [2.05, 4.69) is 25.4 Å². The number of hydrogen-bond donors (Lipinski definition) is 1. The summed E-state index contributed by atoms with van der Waals surface area (Å²) < 4.78 is 53.4. The van der Waals surface area contributed by atoms with Gasteiger partial charge in [-0.05, 0) is 30.7 Å². The topological polar surface area (TPSA) is 87.0 Å². The third-order valence-electron chi connectivity index (χ3n) is 5.19. The highest BCUT2D eigenvalue weighted by molar-refractivity contribution is 7.16. The van der Waals surface area contributed by atoms with E-state index in [1.165, 1.54) is 16.0 Å². The summed E-state index contributed by atoms with van der Waals surface area (Å²) in [5.74, 6) is 1.05. The van der Waals surface area contributed by atoms with Gasteiger partial charge in [0.15, 0.2) is 11.2 Å². The molecule has 0 spiro atoms. The average molecular weight is 488 g/mol. The van der Waals surface area contributed by atoms with Crippen LogP contribution in [0.1, 0.15) is 27.9 Å². The fourth-order valence-electron chi connectivity index (χ4n) is 3.62. The molecule has 1 atom stereocenters. The molecule has 4 aromatic rings. The van der Waals surface area contributed by atoms with Gasteiger partial charge in [-0.2, -0.15) is 18.3 Å². The highest BCUT2D eigenvalue weighted by atomic mass is 32.1. The maximum Gasteiger partial charge on any atom is 0.420 e. The number of halogens is 3. The van der Waals surface area contributed by atoms with Crippen LogP contribution < -0.4 is 10.1 Å². The van der Waals surface area contributed by atoms with Crippen molar-refractivity contribution in [1.82, 2.24) is 24.7 Å². The summed E-state index contributed by atoms with van der Waals surface area (Å²) in [6, 6.07) is 9.00. The zero-order valence-corrected chi connectivity index (χ0v) is 18.9. The molecule has 34 heavy (non-hydrogen) atoms. The van der Waals surface area contributed by atoms with Gasteiger partial charge in [0.05, 0.1) is 30.8 Å². The number of aryl methyl sites for hydroxylation is 1. The largest absolute Gasteiger partial charge is 0.497 e. The molecule has 3 aromatic heterocycles. The first kappa shape index (κ1) is 22.3. The molecule has 1 N–H and O–H groups in total. The van der Waals surface area contributed by atoms with Crippen molar-refractivity contribution < 1.29 is 22.6 Å². The summed E-state index contributed by atoms with van der Waals surface area (Å²) in [7, 11) is 1.57. The Kier molecular flexibility index (Phi) is 5.70. The molecular formula is C22H19F3N6O2S. The zero-order valence-electron chi connectivity index (χ0n) is 18.1. The smallest absolute Gasteiger partial charge is 0.420 e. The Balaban J connectivity index is 1.51. The number of aromatic nitrogens is 5. The standard InChI is InChI=1S/C22H19F3N6O2S/c1-12-7-8-26-20(27-12)29-21-28-17-15-10-31(9-13-3-5-14(32-2)6-4-13)30-18(15)19(22(23,24)25)33-11-16(17)34-21/h3-8,10,19H,9,11H2,1-2H3,(H,26,27,28,29). The van der Waals surface area contributed by atoms with Crippen molar-refractivity contribution in [3.05, 3.63) is 64.6 Å². The summed E-state index contributed by atoms with van der Waals surface area (Å²) in [4.78, 5) is 13.5. The predicted octanol–water partition coefficient (Wildman–Crippen LogP) is 5.04. The zero-order chi connectivity index (χ0) is 23.9. The fourth-order valence-corrected chi connectivity index (χ4v) is 4.51. The van der Waals surface area contributed by atoms with Crippen LogP contribution in [0.15, 0.2) is 42.7 Å². The minimum Gasteiger partial charge on any atom is -0.497 e. The van der Waals surface area contributed by atoms with E-state index in [1.807, 2.05) is 19.1 Å². The molecule has 5 rings (SSSR count). The van der Waals surface area contributed by atoms with E-state index in [-0.39, 0.29) is 24.4 Å². The van der Waals surface area contributed by atoms with E-state index in [0.29, 0.717) is 27.4 Å². The number of nitrogens with one attached hydrogen (secondary N) is 1. The van der Waals surface area contributed by atoms with Crippen LogP contribution in [0.3, 0.4) is 0 Å². The molecular weight excluding hydrogens is 469 g/mol. The number of methoxy groups -OCH3 is 1. The molecule has 4 heterocycles. The monoisotopic (exact) mass is 488 g/mol. The lowest BCUT2D eigenvalue weighted by molar-refractivity contribution is -0.227. The Bertz CT molecular complexity index is 1320. The van der Waals surface area contributed by atoms with E-state index in [1.54, 1.807) is 37.7 Å². The number of hydrogen-bond acceptors (Lipinski definition) is 8. The van der Waals surface area contributed by atoms with Crippen LogP contribution in [0, 0.1) is 6.92 Å². The number of alkyl halides is 3. The second-order valence-electron chi connectivity index (χ2n) is 7.64. The molecule has 1 unspecified atom stereocenters. The third-order valence-corrected chi connectivity index (χ3v) is 6.13. The van der Waals surface area contributed by atoms with E-state index in [4.69, 9.17) is 9.47 Å².